The van der Waals surface area contributed by atoms with Crippen LogP contribution in [-0.2, 0) is 21.3 Å². The molecule has 1 unspecified atom stereocenters. The van der Waals surface area contributed by atoms with Crippen LogP contribution in [0.2, 0.25) is 0 Å². The van der Waals surface area contributed by atoms with Crippen LogP contribution in [-0.4, -0.2) is 26.6 Å². The fourth-order valence-electron chi connectivity index (χ4n) is 3.74. The molecule has 4 rings (SSSR count). The molecule has 2 aromatic rings. The van der Waals surface area contributed by atoms with Crippen molar-refractivity contribution in [2.24, 2.45) is 0 Å². The van der Waals surface area contributed by atoms with Crippen molar-refractivity contribution in [1.29, 1.82) is 0 Å². The van der Waals surface area contributed by atoms with E-state index in [0.29, 0.717) is 24.1 Å². The summed E-state index contributed by atoms with van der Waals surface area (Å²) in [7, 11) is -1.16. The average molecular weight is 344 g/mol. The molecule has 1 atom stereocenters. The summed E-state index contributed by atoms with van der Waals surface area (Å²) in [5, 5.41) is 4.63. The quantitative estimate of drug-likeness (QED) is 0.800. The Morgan fingerprint density at radius 1 is 1.33 bits per heavy atom. The predicted octanol–water partition coefficient (Wildman–Crippen LogP) is 3.46. The second-order valence-corrected chi connectivity index (χ2v) is 7.68. The summed E-state index contributed by atoms with van der Waals surface area (Å²) in [5.74, 6) is -0.0883. The Balaban J connectivity index is 1.93. The molecule has 0 amide bonds. The minimum Gasteiger partial charge on any atom is -0.461 e. The average Bonchev–Trinajstić information content (AvgIpc) is 3.22. The number of carbonyl (C=O) groups excluding carboxylic acids is 1. The van der Waals surface area contributed by atoms with Gasteiger partial charge in [0.1, 0.15) is 0 Å². The lowest BCUT2D eigenvalue weighted by Crippen LogP contribution is -2.13. The van der Waals surface area contributed by atoms with Gasteiger partial charge in [0.2, 0.25) is 0 Å². The molecule has 2 heterocycles. The van der Waals surface area contributed by atoms with E-state index in [4.69, 9.17) is 4.74 Å². The van der Waals surface area contributed by atoms with Crippen LogP contribution in [0.15, 0.2) is 29.2 Å². The van der Waals surface area contributed by atoms with Crippen molar-refractivity contribution in [3.8, 4) is 11.3 Å². The maximum absolute atomic E-state index is 12.6. The zero-order valence-electron chi connectivity index (χ0n) is 13.7. The maximum Gasteiger partial charge on any atom is 0.359 e. The number of rotatable bonds is 3. The van der Waals surface area contributed by atoms with E-state index in [9.17, 15) is 9.00 Å². The number of aromatic nitrogens is 2. The highest BCUT2D eigenvalue weighted by atomic mass is 32.2. The summed E-state index contributed by atoms with van der Waals surface area (Å²) in [6.45, 7) is 2.09. The van der Waals surface area contributed by atoms with Crippen molar-refractivity contribution in [1.82, 2.24) is 9.78 Å². The number of hydrogen-bond acceptors (Lipinski definition) is 4. The summed E-state index contributed by atoms with van der Waals surface area (Å²) >= 11 is 0. The zero-order valence-corrected chi connectivity index (χ0v) is 14.5. The minimum absolute atomic E-state index is 0.307. The molecular weight excluding hydrogens is 324 g/mol. The van der Waals surface area contributed by atoms with Gasteiger partial charge >= 0.3 is 5.97 Å². The van der Waals surface area contributed by atoms with Gasteiger partial charge in [0.15, 0.2) is 5.69 Å². The molecule has 0 bridgehead atoms. The second kappa shape index (κ2) is 6.16. The first-order valence-corrected chi connectivity index (χ1v) is 9.79. The monoisotopic (exact) mass is 344 g/mol. The van der Waals surface area contributed by atoms with Gasteiger partial charge in [-0.15, -0.1) is 0 Å². The highest BCUT2D eigenvalue weighted by molar-refractivity contribution is 7.84. The highest BCUT2D eigenvalue weighted by Gasteiger charge is 2.34. The van der Waals surface area contributed by atoms with Gasteiger partial charge in [-0.2, -0.15) is 5.10 Å². The number of ether oxygens (including phenoxy) is 1. The summed E-state index contributed by atoms with van der Waals surface area (Å²) in [6, 6.07) is 8.05. The fraction of sp³-hybridized carbons (Fsp3) is 0.444. The van der Waals surface area contributed by atoms with Crippen LogP contribution >= 0.6 is 0 Å². The molecule has 1 aromatic carbocycles. The number of fused-ring (bicyclic) bond motifs is 3. The number of carbonyl (C=O) groups is 1. The molecule has 5 nitrogen and oxygen atoms in total. The summed E-state index contributed by atoms with van der Waals surface area (Å²) < 4.78 is 19.8. The van der Waals surface area contributed by atoms with Gasteiger partial charge in [0.25, 0.3) is 0 Å². The normalized spacial score (nSPS) is 19.8. The maximum atomic E-state index is 12.6. The van der Waals surface area contributed by atoms with Gasteiger partial charge in [-0.3, -0.25) is 8.89 Å². The second-order valence-electron chi connectivity index (χ2n) is 6.27. The Kier molecular flexibility index (Phi) is 4.00. The van der Waals surface area contributed by atoms with E-state index in [1.54, 1.807) is 6.92 Å². The van der Waals surface area contributed by atoms with Crippen molar-refractivity contribution in [2.75, 3.05) is 6.61 Å². The molecule has 6 heteroatoms. The molecule has 2 aliphatic rings. The number of benzene rings is 1. The lowest BCUT2D eigenvalue weighted by atomic mass is 10.0. The van der Waals surface area contributed by atoms with Crippen LogP contribution in [0.25, 0.3) is 11.3 Å². The summed E-state index contributed by atoms with van der Waals surface area (Å²) in [6.07, 6.45) is 4.51. The van der Waals surface area contributed by atoms with E-state index in [1.807, 2.05) is 28.9 Å². The molecule has 1 saturated carbocycles. The van der Waals surface area contributed by atoms with Crippen LogP contribution in [0.4, 0.5) is 0 Å². The molecule has 0 N–H and O–H groups in total. The third-order valence-electron chi connectivity index (χ3n) is 4.81. The summed E-state index contributed by atoms with van der Waals surface area (Å²) in [4.78, 5) is 13.2. The van der Waals surface area contributed by atoms with Crippen molar-refractivity contribution in [3.63, 3.8) is 0 Å². The molecule has 1 aliphatic carbocycles. The Morgan fingerprint density at radius 3 is 2.83 bits per heavy atom. The Labute approximate surface area is 143 Å². The number of esters is 1. The van der Waals surface area contributed by atoms with Gasteiger partial charge < -0.3 is 4.74 Å². The minimum atomic E-state index is -1.16. The van der Waals surface area contributed by atoms with E-state index in [2.05, 4.69) is 5.10 Å². The molecular formula is C18H20N2O3S. The third kappa shape index (κ3) is 2.40. The standard InChI is InChI=1S/C18H20N2O3S/c1-2-23-18(21)16-14-11-24(22)15-10-6-5-9-13(15)17(14)20(19-16)12-7-3-4-8-12/h5-6,9-10,12H,2-4,7-8,11H2,1H3. The lowest BCUT2D eigenvalue weighted by molar-refractivity contribution is 0.0517. The first-order chi connectivity index (χ1) is 11.7. The highest BCUT2D eigenvalue weighted by Crippen LogP contribution is 2.41. The Bertz CT molecular complexity index is 822. The van der Waals surface area contributed by atoms with E-state index in [1.165, 1.54) is 12.8 Å². The molecule has 126 valence electrons. The fourth-order valence-corrected chi connectivity index (χ4v) is 5.07. The van der Waals surface area contributed by atoms with Gasteiger partial charge in [-0.05, 0) is 25.8 Å². The van der Waals surface area contributed by atoms with Crippen molar-refractivity contribution in [3.05, 3.63) is 35.5 Å². The SMILES string of the molecule is CCOC(=O)c1nn(C2CCCC2)c2c1CS(=O)c1ccccc1-2. The topological polar surface area (TPSA) is 61.2 Å². The smallest absolute Gasteiger partial charge is 0.359 e. The first-order valence-electron chi connectivity index (χ1n) is 8.47. The van der Waals surface area contributed by atoms with E-state index >= 15 is 0 Å². The van der Waals surface area contributed by atoms with E-state index < -0.39 is 16.8 Å². The molecule has 24 heavy (non-hydrogen) atoms. The van der Waals surface area contributed by atoms with Crippen molar-refractivity contribution in [2.45, 2.75) is 49.3 Å². The van der Waals surface area contributed by atoms with E-state index in [-0.39, 0.29) is 0 Å². The number of nitrogens with zero attached hydrogens (tertiary/aromatic N) is 2. The summed E-state index contributed by atoms with van der Waals surface area (Å²) in [5.41, 5.74) is 3.01. The van der Waals surface area contributed by atoms with Crippen molar-refractivity contribution < 1.29 is 13.7 Å². The largest absolute Gasteiger partial charge is 0.461 e. The zero-order chi connectivity index (χ0) is 16.7. The molecule has 1 aliphatic heterocycles. The molecule has 1 fully saturated rings. The molecule has 0 spiro atoms. The Morgan fingerprint density at radius 2 is 2.08 bits per heavy atom. The van der Waals surface area contributed by atoms with Crippen LogP contribution in [0.1, 0.15) is 54.7 Å². The van der Waals surface area contributed by atoms with Crippen LogP contribution < -0.4 is 0 Å². The van der Waals surface area contributed by atoms with Crippen LogP contribution in [0, 0.1) is 0 Å². The van der Waals surface area contributed by atoms with E-state index in [0.717, 1.165) is 34.6 Å². The number of hydrogen-bond donors (Lipinski definition) is 0. The predicted molar refractivity (Wildman–Crippen MR) is 91.2 cm³/mol. The molecule has 1 aromatic heterocycles. The molecule has 0 saturated heterocycles. The van der Waals surface area contributed by atoms with Gasteiger partial charge in [0.05, 0.1) is 34.9 Å². The van der Waals surface area contributed by atoms with Crippen LogP contribution in [0.5, 0.6) is 0 Å². The van der Waals surface area contributed by atoms with Gasteiger partial charge in [0, 0.05) is 16.0 Å². The van der Waals surface area contributed by atoms with Gasteiger partial charge in [-0.1, -0.05) is 31.0 Å². The molecule has 0 radical (unpaired) electrons. The van der Waals surface area contributed by atoms with Gasteiger partial charge in [-0.25, -0.2) is 4.79 Å². The lowest BCUT2D eigenvalue weighted by Gasteiger charge is -2.20. The Hall–Kier alpha value is -1.95. The first kappa shape index (κ1) is 15.6. The third-order valence-corrected chi connectivity index (χ3v) is 6.21. The van der Waals surface area contributed by atoms with Crippen LogP contribution in [0.3, 0.4) is 0 Å². The van der Waals surface area contributed by atoms with Crippen molar-refractivity contribution >= 4 is 16.8 Å².